The van der Waals surface area contributed by atoms with Crippen molar-refractivity contribution < 1.29 is 4.74 Å². The van der Waals surface area contributed by atoms with E-state index in [9.17, 15) is 0 Å². The van der Waals surface area contributed by atoms with Crippen molar-refractivity contribution in [2.45, 2.75) is 6.61 Å². The van der Waals surface area contributed by atoms with Crippen LogP contribution in [-0.2, 0) is 11.3 Å². The maximum atomic E-state index is 8.72. The number of rotatable bonds is 2. The van der Waals surface area contributed by atoms with Crippen LogP contribution in [0.25, 0.3) is 5.65 Å². The highest BCUT2D eigenvalue weighted by atomic mass is 16.5. The molecule has 0 bridgehead atoms. The number of hydrogen-bond donors (Lipinski definition) is 0. The molecule has 2 rings (SSSR count). The smallest absolute Gasteiger partial charge is 0.163 e. The van der Waals surface area contributed by atoms with Crippen molar-refractivity contribution in [3.8, 4) is 6.07 Å². The number of ether oxygens (including phenoxy) is 1. The van der Waals surface area contributed by atoms with Crippen LogP contribution >= 0.6 is 0 Å². The van der Waals surface area contributed by atoms with E-state index in [1.807, 2.05) is 0 Å². The van der Waals surface area contributed by atoms with Crippen molar-refractivity contribution in [2.75, 3.05) is 7.11 Å². The molecule has 2 heterocycles. The quantitative estimate of drug-likeness (QED) is 0.697. The van der Waals surface area contributed by atoms with E-state index in [1.54, 1.807) is 29.8 Å². The molecule has 0 amide bonds. The average Bonchev–Trinajstić information content (AvgIpc) is 2.61. The van der Waals surface area contributed by atoms with Crippen molar-refractivity contribution in [1.29, 1.82) is 5.26 Å². The first kappa shape index (κ1) is 8.66. The molecule has 0 N–H and O–H groups in total. The molecule has 0 unspecified atom stereocenters. The Hall–Kier alpha value is -1.93. The van der Waals surface area contributed by atoms with Gasteiger partial charge in [0.1, 0.15) is 12.7 Å². The maximum Gasteiger partial charge on any atom is 0.163 e. The van der Waals surface area contributed by atoms with Crippen LogP contribution in [0.4, 0.5) is 0 Å². The van der Waals surface area contributed by atoms with Crippen molar-refractivity contribution in [3.63, 3.8) is 0 Å². The topological polar surface area (TPSA) is 63.2 Å². The summed E-state index contributed by atoms with van der Waals surface area (Å²) in [6, 6.07) is 5.52. The largest absolute Gasteiger partial charge is 0.377 e. The van der Waals surface area contributed by atoms with E-state index in [-0.39, 0.29) is 0 Å². The molecule has 2 aromatic heterocycles. The van der Waals surface area contributed by atoms with Crippen LogP contribution in [0.1, 0.15) is 11.4 Å². The summed E-state index contributed by atoms with van der Waals surface area (Å²) < 4.78 is 6.71. The number of aromatic nitrogens is 3. The number of fused-ring (bicyclic) bond motifs is 1. The molecular formula is C9H8N4O. The summed E-state index contributed by atoms with van der Waals surface area (Å²) in [6.45, 7) is 0.385. The van der Waals surface area contributed by atoms with E-state index in [4.69, 9.17) is 10.00 Å². The summed E-state index contributed by atoms with van der Waals surface area (Å²) in [5.74, 6) is 0.694. The predicted octanol–water partition coefficient (Wildman–Crippen LogP) is 0.747. The van der Waals surface area contributed by atoms with Crippen LogP contribution in [0, 0.1) is 11.3 Å². The lowest BCUT2D eigenvalue weighted by Crippen LogP contribution is -1.96. The Morgan fingerprint density at radius 3 is 3.07 bits per heavy atom. The first-order chi connectivity index (χ1) is 6.85. The summed E-state index contributed by atoms with van der Waals surface area (Å²) in [5, 5.41) is 16.6. The third-order valence-electron chi connectivity index (χ3n) is 1.88. The van der Waals surface area contributed by atoms with Crippen LogP contribution in [0.15, 0.2) is 18.3 Å². The predicted molar refractivity (Wildman–Crippen MR) is 48.4 cm³/mol. The normalized spacial score (nSPS) is 10.3. The van der Waals surface area contributed by atoms with Crippen molar-refractivity contribution in [1.82, 2.24) is 14.6 Å². The second kappa shape index (κ2) is 3.44. The van der Waals surface area contributed by atoms with E-state index in [2.05, 4.69) is 16.3 Å². The number of hydrogen-bond acceptors (Lipinski definition) is 4. The average molecular weight is 188 g/mol. The van der Waals surface area contributed by atoms with Crippen LogP contribution < -0.4 is 0 Å². The minimum Gasteiger partial charge on any atom is -0.377 e. The van der Waals surface area contributed by atoms with Crippen molar-refractivity contribution in [2.24, 2.45) is 0 Å². The standard InChI is InChI=1S/C9H8N4O/c1-14-6-9-12-11-8-3-2-7(4-10)5-13(8)9/h2-3,5H,6H2,1H3. The zero-order chi connectivity index (χ0) is 9.97. The van der Waals surface area contributed by atoms with E-state index >= 15 is 0 Å². The fourth-order valence-corrected chi connectivity index (χ4v) is 1.23. The molecule has 0 radical (unpaired) electrons. The fraction of sp³-hybridized carbons (Fsp3) is 0.222. The van der Waals surface area contributed by atoms with Crippen molar-refractivity contribution in [3.05, 3.63) is 29.7 Å². The van der Waals surface area contributed by atoms with E-state index in [0.29, 0.717) is 18.0 Å². The van der Waals surface area contributed by atoms with E-state index in [1.165, 1.54) is 0 Å². The lowest BCUT2D eigenvalue weighted by molar-refractivity contribution is 0.177. The SMILES string of the molecule is COCc1nnc2ccc(C#N)cn12. The molecule has 2 aromatic rings. The molecule has 0 atom stereocenters. The molecule has 0 aliphatic heterocycles. The summed E-state index contributed by atoms with van der Waals surface area (Å²) in [7, 11) is 1.59. The van der Waals surface area contributed by atoms with Crippen LogP contribution in [0.5, 0.6) is 0 Å². The summed E-state index contributed by atoms with van der Waals surface area (Å²) in [4.78, 5) is 0. The van der Waals surface area contributed by atoms with Gasteiger partial charge in [0.25, 0.3) is 0 Å². The van der Waals surface area contributed by atoms with Gasteiger partial charge in [-0.3, -0.25) is 4.40 Å². The highest BCUT2D eigenvalue weighted by Crippen LogP contribution is 2.06. The zero-order valence-corrected chi connectivity index (χ0v) is 7.64. The van der Waals surface area contributed by atoms with Crippen LogP contribution in [-0.4, -0.2) is 21.7 Å². The second-order valence-electron chi connectivity index (χ2n) is 2.81. The maximum absolute atomic E-state index is 8.72. The Morgan fingerprint density at radius 1 is 1.50 bits per heavy atom. The summed E-state index contributed by atoms with van der Waals surface area (Å²) >= 11 is 0. The highest BCUT2D eigenvalue weighted by Gasteiger charge is 2.04. The Bertz CT molecular complexity index is 497. The van der Waals surface area contributed by atoms with Crippen LogP contribution in [0.2, 0.25) is 0 Å². The van der Waals surface area contributed by atoms with Gasteiger partial charge in [-0.1, -0.05) is 0 Å². The molecule has 5 nitrogen and oxygen atoms in total. The second-order valence-corrected chi connectivity index (χ2v) is 2.81. The Labute approximate surface area is 80.6 Å². The molecule has 0 aromatic carbocycles. The molecule has 0 aliphatic carbocycles. The fourth-order valence-electron chi connectivity index (χ4n) is 1.23. The Balaban J connectivity index is 2.59. The molecule has 70 valence electrons. The molecule has 0 fully saturated rings. The van der Waals surface area contributed by atoms with Gasteiger partial charge in [-0.2, -0.15) is 5.26 Å². The lowest BCUT2D eigenvalue weighted by Gasteiger charge is -1.97. The molecular weight excluding hydrogens is 180 g/mol. The van der Waals surface area contributed by atoms with Crippen LogP contribution in [0.3, 0.4) is 0 Å². The third kappa shape index (κ3) is 1.32. The van der Waals surface area contributed by atoms with Gasteiger partial charge in [0, 0.05) is 13.3 Å². The van der Waals surface area contributed by atoms with Gasteiger partial charge < -0.3 is 4.74 Å². The summed E-state index contributed by atoms with van der Waals surface area (Å²) in [5.41, 5.74) is 1.30. The minimum absolute atomic E-state index is 0.385. The molecule has 5 heteroatoms. The Morgan fingerprint density at radius 2 is 2.36 bits per heavy atom. The zero-order valence-electron chi connectivity index (χ0n) is 7.64. The van der Waals surface area contributed by atoms with Crippen molar-refractivity contribution >= 4 is 5.65 Å². The lowest BCUT2D eigenvalue weighted by atomic mass is 10.3. The number of nitriles is 1. The molecule has 14 heavy (non-hydrogen) atoms. The van der Waals surface area contributed by atoms with Gasteiger partial charge in [0.05, 0.1) is 5.56 Å². The summed E-state index contributed by atoms with van der Waals surface area (Å²) in [6.07, 6.45) is 1.70. The van der Waals surface area contributed by atoms with Gasteiger partial charge in [-0.15, -0.1) is 10.2 Å². The number of nitrogens with zero attached hydrogens (tertiary/aromatic N) is 4. The van der Waals surface area contributed by atoms with E-state index in [0.717, 1.165) is 5.65 Å². The van der Waals surface area contributed by atoms with Gasteiger partial charge in [-0.25, -0.2) is 0 Å². The molecule has 0 spiro atoms. The third-order valence-corrected chi connectivity index (χ3v) is 1.88. The minimum atomic E-state index is 0.385. The van der Waals surface area contributed by atoms with Gasteiger partial charge in [-0.05, 0) is 12.1 Å². The molecule has 0 saturated carbocycles. The molecule has 0 aliphatic rings. The highest BCUT2D eigenvalue weighted by molar-refractivity contribution is 5.42. The first-order valence-corrected chi connectivity index (χ1v) is 4.08. The van der Waals surface area contributed by atoms with E-state index < -0.39 is 0 Å². The number of pyridine rings is 1. The van der Waals surface area contributed by atoms with Gasteiger partial charge in [0.15, 0.2) is 11.5 Å². The first-order valence-electron chi connectivity index (χ1n) is 4.08. The van der Waals surface area contributed by atoms with Gasteiger partial charge in [0.2, 0.25) is 0 Å². The number of methoxy groups -OCH3 is 1. The monoisotopic (exact) mass is 188 g/mol. The Kier molecular flexibility index (Phi) is 2.13. The molecule has 0 saturated heterocycles. The van der Waals surface area contributed by atoms with Gasteiger partial charge >= 0.3 is 0 Å².